The minimum absolute atomic E-state index is 0.446. The molecule has 0 atom stereocenters. The van der Waals surface area contributed by atoms with Crippen molar-refractivity contribution >= 4 is 17.2 Å². The first-order valence-corrected chi connectivity index (χ1v) is 6.54. The number of hydrogen-bond donors (Lipinski definition) is 1. The Morgan fingerprint density at radius 1 is 1.16 bits per heavy atom. The molecule has 98 valence electrons. The molecule has 0 bridgehead atoms. The molecular weight excluding hydrogens is 254 g/mol. The van der Waals surface area contributed by atoms with E-state index in [1.165, 1.54) is 0 Å². The van der Waals surface area contributed by atoms with E-state index in [1.807, 2.05) is 42.6 Å². The van der Waals surface area contributed by atoms with Gasteiger partial charge in [-0.25, -0.2) is 0 Å². The van der Waals surface area contributed by atoms with Crippen molar-refractivity contribution < 1.29 is 0 Å². The summed E-state index contributed by atoms with van der Waals surface area (Å²) >= 11 is 5.08. The average Bonchev–Trinajstić information content (AvgIpc) is 2.40. The number of hydrogen-bond acceptors (Lipinski definition) is 3. The highest BCUT2D eigenvalue weighted by molar-refractivity contribution is 7.80. The van der Waals surface area contributed by atoms with E-state index >= 15 is 0 Å². The molecule has 1 aromatic heterocycles. The lowest BCUT2D eigenvalue weighted by molar-refractivity contribution is 0.315. The van der Waals surface area contributed by atoms with Crippen molar-refractivity contribution in [3.05, 3.63) is 65.5 Å². The maximum atomic E-state index is 5.74. The van der Waals surface area contributed by atoms with Crippen molar-refractivity contribution in [1.82, 2.24) is 9.88 Å². The molecule has 3 nitrogen and oxygen atoms in total. The normalized spacial score (nSPS) is 10.6. The van der Waals surface area contributed by atoms with E-state index in [-0.39, 0.29) is 0 Å². The van der Waals surface area contributed by atoms with Crippen molar-refractivity contribution in [3.63, 3.8) is 0 Å². The largest absolute Gasteiger partial charge is 0.389 e. The van der Waals surface area contributed by atoms with Gasteiger partial charge in [0.1, 0.15) is 4.99 Å². The highest BCUT2D eigenvalue weighted by Gasteiger charge is 2.07. The van der Waals surface area contributed by atoms with Crippen LogP contribution in [0.25, 0.3) is 0 Å². The van der Waals surface area contributed by atoms with Gasteiger partial charge in [-0.3, -0.25) is 9.88 Å². The summed E-state index contributed by atoms with van der Waals surface area (Å²) in [6, 6.07) is 13.9. The minimum atomic E-state index is 0.446. The molecule has 0 unspecified atom stereocenters. The zero-order chi connectivity index (χ0) is 13.7. The van der Waals surface area contributed by atoms with Crippen LogP contribution >= 0.6 is 12.2 Å². The number of benzene rings is 1. The Labute approximate surface area is 119 Å². The van der Waals surface area contributed by atoms with E-state index in [9.17, 15) is 0 Å². The molecule has 0 radical (unpaired) electrons. The molecule has 1 aromatic carbocycles. The molecule has 0 aliphatic carbocycles. The molecule has 19 heavy (non-hydrogen) atoms. The molecule has 0 aliphatic rings. The molecule has 0 saturated heterocycles. The summed E-state index contributed by atoms with van der Waals surface area (Å²) in [7, 11) is 2.06. The third-order valence-corrected chi connectivity index (χ3v) is 3.10. The number of nitrogens with zero attached hydrogens (tertiary/aromatic N) is 2. The summed E-state index contributed by atoms with van der Waals surface area (Å²) < 4.78 is 0. The fraction of sp³-hybridized carbons (Fsp3) is 0.200. The Hall–Kier alpha value is -1.78. The third-order valence-electron chi connectivity index (χ3n) is 2.88. The van der Waals surface area contributed by atoms with Crippen LogP contribution < -0.4 is 5.73 Å². The zero-order valence-electron chi connectivity index (χ0n) is 10.9. The van der Waals surface area contributed by atoms with Gasteiger partial charge in [-0.1, -0.05) is 42.5 Å². The maximum Gasteiger partial charge on any atom is 0.104 e. The quantitative estimate of drug-likeness (QED) is 0.848. The Morgan fingerprint density at radius 3 is 2.58 bits per heavy atom. The molecule has 0 saturated carbocycles. The fourth-order valence-corrected chi connectivity index (χ4v) is 2.21. The van der Waals surface area contributed by atoms with E-state index < -0.39 is 0 Å². The van der Waals surface area contributed by atoms with Crippen molar-refractivity contribution in [2.75, 3.05) is 7.05 Å². The van der Waals surface area contributed by atoms with Crippen LogP contribution in [-0.4, -0.2) is 21.9 Å². The molecule has 4 heteroatoms. The molecular formula is C15H17N3S. The Bertz CT molecular complexity index is 554. The molecule has 2 N–H and O–H groups in total. The number of rotatable bonds is 5. The fourth-order valence-electron chi connectivity index (χ4n) is 2.01. The van der Waals surface area contributed by atoms with E-state index in [0.717, 1.165) is 29.9 Å². The Morgan fingerprint density at radius 2 is 1.89 bits per heavy atom. The van der Waals surface area contributed by atoms with E-state index in [4.69, 9.17) is 18.0 Å². The predicted octanol–water partition coefficient (Wildman–Crippen LogP) is 2.35. The maximum absolute atomic E-state index is 5.74. The highest BCUT2D eigenvalue weighted by Crippen LogP contribution is 2.12. The number of pyridine rings is 1. The molecule has 0 aliphatic heterocycles. The molecule has 1 heterocycles. The second kappa shape index (κ2) is 6.41. The summed E-state index contributed by atoms with van der Waals surface area (Å²) in [6.07, 6.45) is 1.81. The van der Waals surface area contributed by atoms with Gasteiger partial charge < -0.3 is 5.73 Å². The van der Waals surface area contributed by atoms with Crippen LogP contribution in [0.1, 0.15) is 16.8 Å². The van der Waals surface area contributed by atoms with Crippen molar-refractivity contribution in [2.45, 2.75) is 13.1 Å². The average molecular weight is 271 g/mol. The van der Waals surface area contributed by atoms with Crippen molar-refractivity contribution in [2.24, 2.45) is 5.73 Å². The van der Waals surface area contributed by atoms with Crippen LogP contribution in [-0.2, 0) is 13.1 Å². The third kappa shape index (κ3) is 3.84. The second-order valence-electron chi connectivity index (χ2n) is 4.51. The van der Waals surface area contributed by atoms with Gasteiger partial charge >= 0.3 is 0 Å². The Balaban J connectivity index is 2.07. The lowest BCUT2D eigenvalue weighted by Gasteiger charge is -2.18. The summed E-state index contributed by atoms with van der Waals surface area (Å²) in [4.78, 5) is 6.97. The number of nitrogens with two attached hydrogens (primary N) is 1. The molecule has 0 fully saturated rings. The predicted molar refractivity (Wildman–Crippen MR) is 81.7 cm³/mol. The highest BCUT2D eigenvalue weighted by atomic mass is 32.1. The monoisotopic (exact) mass is 271 g/mol. The topological polar surface area (TPSA) is 42.2 Å². The first-order chi connectivity index (χ1) is 9.16. The van der Waals surface area contributed by atoms with Gasteiger partial charge in [-0.15, -0.1) is 0 Å². The first-order valence-electron chi connectivity index (χ1n) is 6.13. The van der Waals surface area contributed by atoms with Crippen LogP contribution in [0.4, 0.5) is 0 Å². The van der Waals surface area contributed by atoms with Crippen molar-refractivity contribution in [1.29, 1.82) is 0 Å². The van der Waals surface area contributed by atoms with Crippen LogP contribution in [0, 0.1) is 0 Å². The van der Waals surface area contributed by atoms with Crippen molar-refractivity contribution in [3.8, 4) is 0 Å². The molecule has 0 amide bonds. The van der Waals surface area contributed by atoms with Crippen LogP contribution in [0.5, 0.6) is 0 Å². The number of aromatic nitrogens is 1. The van der Waals surface area contributed by atoms with Gasteiger partial charge in [-0.2, -0.15) is 0 Å². The van der Waals surface area contributed by atoms with E-state index in [2.05, 4.69) is 23.0 Å². The van der Waals surface area contributed by atoms with Gasteiger partial charge in [0, 0.05) is 24.8 Å². The van der Waals surface area contributed by atoms with Gasteiger partial charge in [0.25, 0.3) is 0 Å². The SMILES string of the molecule is CN(Cc1ccccn1)Cc1ccccc1C(N)=S. The first kappa shape index (κ1) is 13.6. The van der Waals surface area contributed by atoms with Gasteiger partial charge in [0.15, 0.2) is 0 Å². The van der Waals surface area contributed by atoms with Gasteiger partial charge in [0.2, 0.25) is 0 Å². The van der Waals surface area contributed by atoms with E-state index in [1.54, 1.807) is 0 Å². The summed E-state index contributed by atoms with van der Waals surface area (Å²) in [5, 5.41) is 0. The summed E-state index contributed by atoms with van der Waals surface area (Å²) in [6.45, 7) is 1.59. The van der Waals surface area contributed by atoms with Crippen LogP contribution in [0.15, 0.2) is 48.7 Å². The summed E-state index contributed by atoms with van der Waals surface area (Å²) in [5.74, 6) is 0. The van der Waals surface area contributed by atoms with Gasteiger partial charge in [0.05, 0.1) is 5.69 Å². The second-order valence-corrected chi connectivity index (χ2v) is 4.95. The molecule has 2 aromatic rings. The van der Waals surface area contributed by atoms with Gasteiger partial charge in [-0.05, 0) is 24.7 Å². The lowest BCUT2D eigenvalue weighted by atomic mass is 10.1. The minimum Gasteiger partial charge on any atom is -0.389 e. The van der Waals surface area contributed by atoms with E-state index in [0.29, 0.717) is 4.99 Å². The summed E-state index contributed by atoms with van der Waals surface area (Å²) in [5.41, 5.74) is 8.89. The standard InChI is InChI=1S/C15H17N3S/c1-18(11-13-7-4-5-9-17-13)10-12-6-2-3-8-14(12)15(16)19/h2-9H,10-11H2,1H3,(H2,16,19). The van der Waals surface area contributed by atoms with Crippen LogP contribution in [0.3, 0.4) is 0 Å². The number of thiocarbonyl (C=S) groups is 1. The lowest BCUT2D eigenvalue weighted by Crippen LogP contribution is -2.21. The smallest absolute Gasteiger partial charge is 0.104 e. The van der Waals surface area contributed by atoms with Crippen LogP contribution in [0.2, 0.25) is 0 Å². The zero-order valence-corrected chi connectivity index (χ0v) is 11.7. The molecule has 2 rings (SSSR count). The molecule has 0 spiro atoms. The Kier molecular flexibility index (Phi) is 4.60.